The first-order valence-electron chi connectivity index (χ1n) is 4.26. The highest BCUT2D eigenvalue weighted by atomic mass is 16.4. The summed E-state index contributed by atoms with van der Waals surface area (Å²) >= 11 is 0. The molecule has 0 spiro atoms. The fourth-order valence-corrected chi connectivity index (χ4v) is 1.05. The molecule has 14 heavy (non-hydrogen) atoms. The lowest BCUT2D eigenvalue weighted by Gasteiger charge is -2.15. The van der Waals surface area contributed by atoms with E-state index in [2.05, 4.69) is 21.9 Å². The van der Waals surface area contributed by atoms with Crippen molar-refractivity contribution in [3.05, 3.63) is 30.9 Å². The second kappa shape index (κ2) is 4.57. The standard InChI is InChI=1S/C9H13N3O2/c1-3-7(8-10-4-5-11-8)12-6(2)9(13)14/h3-7,12H,1H2,2H3,(H,10,11)(H,13,14)/t6-,7?/m0/s1. The van der Waals surface area contributed by atoms with Gasteiger partial charge in [-0.05, 0) is 6.92 Å². The number of aromatic nitrogens is 2. The molecule has 5 heteroatoms. The zero-order valence-electron chi connectivity index (χ0n) is 7.90. The van der Waals surface area contributed by atoms with E-state index in [1.807, 2.05) is 0 Å². The van der Waals surface area contributed by atoms with Crippen LogP contribution < -0.4 is 5.32 Å². The average molecular weight is 195 g/mol. The number of imidazole rings is 1. The third-order valence-electron chi connectivity index (χ3n) is 1.85. The fourth-order valence-electron chi connectivity index (χ4n) is 1.05. The molecule has 1 rings (SSSR count). The van der Waals surface area contributed by atoms with Crippen molar-refractivity contribution in [1.29, 1.82) is 0 Å². The highest BCUT2D eigenvalue weighted by Gasteiger charge is 2.17. The summed E-state index contributed by atoms with van der Waals surface area (Å²) < 4.78 is 0. The number of carboxylic acids is 1. The number of aromatic amines is 1. The third kappa shape index (κ3) is 2.43. The second-order valence-electron chi connectivity index (χ2n) is 2.91. The van der Waals surface area contributed by atoms with Crippen LogP contribution in [0.3, 0.4) is 0 Å². The molecular weight excluding hydrogens is 182 g/mol. The monoisotopic (exact) mass is 195 g/mol. The van der Waals surface area contributed by atoms with Gasteiger partial charge in [0.05, 0.1) is 6.04 Å². The van der Waals surface area contributed by atoms with Crippen LogP contribution in [0.25, 0.3) is 0 Å². The van der Waals surface area contributed by atoms with Gasteiger partial charge in [0.25, 0.3) is 0 Å². The number of carboxylic acid groups (broad SMARTS) is 1. The van der Waals surface area contributed by atoms with Crippen LogP contribution >= 0.6 is 0 Å². The maximum atomic E-state index is 10.6. The summed E-state index contributed by atoms with van der Waals surface area (Å²) in [6, 6.07) is -0.904. The highest BCUT2D eigenvalue weighted by Crippen LogP contribution is 2.08. The van der Waals surface area contributed by atoms with Gasteiger partial charge in [0, 0.05) is 12.4 Å². The maximum Gasteiger partial charge on any atom is 0.320 e. The number of H-pyrrole nitrogens is 1. The van der Waals surface area contributed by atoms with Gasteiger partial charge in [0.2, 0.25) is 0 Å². The Bertz CT molecular complexity index is 308. The van der Waals surface area contributed by atoms with Gasteiger partial charge in [0.15, 0.2) is 0 Å². The van der Waals surface area contributed by atoms with Crippen LogP contribution in [-0.4, -0.2) is 27.1 Å². The van der Waals surface area contributed by atoms with Crippen LogP contribution in [0.4, 0.5) is 0 Å². The van der Waals surface area contributed by atoms with E-state index in [1.165, 1.54) is 0 Å². The lowest BCUT2D eigenvalue weighted by molar-refractivity contribution is -0.139. The van der Waals surface area contributed by atoms with Crippen LogP contribution in [-0.2, 0) is 4.79 Å². The Labute approximate surface area is 81.9 Å². The minimum Gasteiger partial charge on any atom is -0.480 e. The lowest BCUT2D eigenvalue weighted by Crippen LogP contribution is -2.36. The first kappa shape index (κ1) is 10.5. The van der Waals surface area contributed by atoms with Crippen molar-refractivity contribution in [3.8, 4) is 0 Å². The molecule has 0 aliphatic heterocycles. The Morgan fingerprint density at radius 1 is 1.86 bits per heavy atom. The van der Waals surface area contributed by atoms with Gasteiger partial charge in [-0.3, -0.25) is 10.1 Å². The van der Waals surface area contributed by atoms with Crippen molar-refractivity contribution in [3.63, 3.8) is 0 Å². The van der Waals surface area contributed by atoms with Crippen LogP contribution in [0.5, 0.6) is 0 Å². The Morgan fingerprint density at radius 2 is 2.57 bits per heavy atom. The molecule has 0 bridgehead atoms. The molecule has 0 amide bonds. The fraction of sp³-hybridized carbons (Fsp3) is 0.333. The van der Waals surface area contributed by atoms with Crippen LogP contribution in [0.2, 0.25) is 0 Å². The molecule has 0 aliphatic carbocycles. The number of nitrogens with zero attached hydrogens (tertiary/aromatic N) is 1. The van der Waals surface area contributed by atoms with Gasteiger partial charge < -0.3 is 10.1 Å². The van der Waals surface area contributed by atoms with Gasteiger partial charge in [-0.2, -0.15) is 0 Å². The van der Waals surface area contributed by atoms with Gasteiger partial charge >= 0.3 is 5.97 Å². The SMILES string of the molecule is C=CC(N[C@@H](C)C(=O)O)c1ncc[nH]1. The molecule has 0 saturated carbocycles. The van der Waals surface area contributed by atoms with E-state index in [4.69, 9.17) is 5.11 Å². The predicted octanol–water partition coefficient (Wildman–Crippen LogP) is 0.699. The van der Waals surface area contributed by atoms with Crippen LogP contribution in [0.15, 0.2) is 25.0 Å². The average Bonchev–Trinajstić information content (AvgIpc) is 2.66. The zero-order valence-corrected chi connectivity index (χ0v) is 7.90. The number of nitrogens with one attached hydrogen (secondary N) is 2. The van der Waals surface area contributed by atoms with Gasteiger partial charge in [-0.25, -0.2) is 4.98 Å². The molecular formula is C9H13N3O2. The summed E-state index contributed by atoms with van der Waals surface area (Å²) in [6.07, 6.45) is 4.90. The van der Waals surface area contributed by atoms with Crippen LogP contribution in [0.1, 0.15) is 18.8 Å². The van der Waals surface area contributed by atoms with E-state index in [-0.39, 0.29) is 6.04 Å². The first-order chi connectivity index (χ1) is 6.65. The molecule has 0 aliphatic rings. The van der Waals surface area contributed by atoms with Crippen LogP contribution in [0, 0.1) is 0 Å². The van der Waals surface area contributed by atoms with Crippen molar-refractivity contribution >= 4 is 5.97 Å². The van der Waals surface area contributed by atoms with E-state index in [9.17, 15) is 4.79 Å². The van der Waals surface area contributed by atoms with Crippen molar-refractivity contribution in [2.45, 2.75) is 19.0 Å². The first-order valence-corrected chi connectivity index (χ1v) is 4.26. The van der Waals surface area contributed by atoms with Crippen molar-refractivity contribution in [2.24, 2.45) is 0 Å². The normalized spacial score (nSPS) is 14.6. The van der Waals surface area contributed by atoms with Crippen molar-refractivity contribution < 1.29 is 9.90 Å². The Morgan fingerprint density at radius 3 is 3.00 bits per heavy atom. The largest absolute Gasteiger partial charge is 0.480 e. The Balaban J connectivity index is 2.65. The number of carbonyl (C=O) groups is 1. The molecule has 0 fully saturated rings. The lowest BCUT2D eigenvalue weighted by atomic mass is 10.2. The quantitative estimate of drug-likeness (QED) is 0.604. The topological polar surface area (TPSA) is 78.0 Å². The highest BCUT2D eigenvalue weighted by molar-refractivity contribution is 5.72. The summed E-state index contributed by atoms with van der Waals surface area (Å²) in [6.45, 7) is 5.19. The van der Waals surface area contributed by atoms with E-state index in [1.54, 1.807) is 25.4 Å². The van der Waals surface area contributed by atoms with Gasteiger partial charge in [-0.15, -0.1) is 6.58 Å². The predicted molar refractivity (Wildman–Crippen MR) is 51.8 cm³/mol. The van der Waals surface area contributed by atoms with Gasteiger partial charge in [-0.1, -0.05) is 6.08 Å². The molecule has 1 aromatic heterocycles. The molecule has 1 aromatic rings. The molecule has 0 saturated heterocycles. The van der Waals surface area contributed by atoms with E-state index in [0.29, 0.717) is 5.82 Å². The molecule has 5 nitrogen and oxygen atoms in total. The summed E-state index contributed by atoms with van der Waals surface area (Å²) in [4.78, 5) is 17.5. The number of rotatable bonds is 5. The van der Waals surface area contributed by atoms with E-state index >= 15 is 0 Å². The number of hydrogen-bond acceptors (Lipinski definition) is 3. The van der Waals surface area contributed by atoms with Crippen molar-refractivity contribution in [2.75, 3.05) is 0 Å². The summed E-state index contributed by atoms with van der Waals surface area (Å²) in [5, 5.41) is 11.6. The Hall–Kier alpha value is -1.62. The molecule has 2 atom stereocenters. The molecule has 1 heterocycles. The Kier molecular flexibility index (Phi) is 3.41. The summed E-state index contributed by atoms with van der Waals surface area (Å²) in [5.41, 5.74) is 0. The molecule has 76 valence electrons. The van der Waals surface area contributed by atoms with Crippen molar-refractivity contribution in [1.82, 2.24) is 15.3 Å². The molecule has 1 unspecified atom stereocenters. The number of hydrogen-bond donors (Lipinski definition) is 3. The number of aliphatic carboxylic acids is 1. The minimum atomic E-state index is -0.900. The maximum absolute atomic E-state index is 10.6. The third-order valence-corrected chi connectivity index (χ3v) is 1.85. The molecule has 3 N–H and O–H groups in total. The van der Waals surface area contributed by atoms with E-state index in [0.717, 1.165) is 0 Å². The smallest absolute Gasteiger partial charge is 0.320 e. The summed E-state index contributed by atoms with van der Waals surface area (Å²) in [7, 11) is 0. The minimum absolute atomic E-state index is 0.268. The summed E-state index contributed by atoms with van der Waals surface area (Å²) in [5.74, 6) is -0.239. The molecule has 0 radical (unpaired) electrons. The second-order valence-corrected chi connectivity index (χ2v) is 2.91. The molecule has 0 aromatic carbocycles. The van der Waals surface area contributed by atoms with E-state index < -0.39 is 12.0 Å². The van der Waals surface area contributed by atoms with Gasteiger partial charge in [0.1, 0.15) is 11.9 Å². The zero-order chi connectivity index (χ0) is 10.6.